The number of esters is 2. The summed E-state index contributed by atoms with van der Waals surface area (Å²) in [6.07, 6.45) is 1.86. The average molecular weight is 288 g/mol. The van der Waals surface area contributed by atoms with E-state index in [0.29, 0.717) is 38.8 Å². The van der Waals surface area contributed by atoms with Crippen LogP contribution in [0.5, 0.6) is 0 Å². The predicted octanol–water partition coefficient (Wildman–Crippen LogP) is -0.0592. The average Bonchev–Trinajstić information content (AvgIpc) is 2.42. The van der Waals surface area contributed by atoms with E-state index in [-0.39, 0.29) is 24.4 Å². The molecule has 0 spiro atoms. The number of methoxy groups -OCH3 is 2. The van der Waals surface area contributed by atoms with Crippen molar-refractivity contribution in [2.45, 2.75) is 25.7 Å². The minimum Gasteiger partial charge on any atom is -0.469 e. The van der Waals surface area contributed by atoms with Crippen LogP contribution >= 0.6 is 0 Å². The van der Waals surface area contributed by atoms with Crippen molar-refractivity contribution in [2.75, 3.05) is 40.9 Å². The molecule has 1 N–H and O–H groups in total. The number of carbonyl (C=O) groups excluding carboxylic acids is 3. The standard InChI is InChI=1S/C13H24N2O5/c1-15(9-5-7-13(18)20-3)10-11(16)14-8-4-6-12(17)19-2/h4-10H2,1-3H3,(H,14,16). The lowest BCUT2D eigenvalue weighted by Gasteiger charge is -2.15. The second kappa shape index (κ2) is 11.2. The monoisotopic (exact) mass is 288 g/mol. The minimum absolute atomic E-state index is 0.101. The molecule has 0 saturated carbocycles. The number of likely N-dealkylation sites (N-methyl/N-ethyl adjacent to an activating group) is 1. The molecule has 0 radical (unpaired) electrons. The molecule has 0 bridgehead atoms. The van der Waals surface area contributed by atoms with Crippen LogP contribution in [0.4, 0.5) is 0 Å². The van der Waals surface area contributed by atoms with E-state index < -0.39 is 0 Å². The number of ether oxygens (including phenoxy) is 2. The fraction of sp³-hybridized carbons (Fsp3) is 0.769. The number of amides is 1. The summed E-state index contributed by atoms with van der Waals surface area (Å²) >= 11 is 0. The Morgan fingerprint density at radius 1 is 1.00 bits per heavy atom. The van der Waals surface area contributed by atoms with Crippen LogP contribution in [0.15, 0.2) is 0 Å². The molecule has 0 aliphatic carbocycles. The molecule has 0 aromatic carbocycles. The van der Waals surface area contributed by atoms with E-state index in [9.17, 15) is 14.4 Å². The largest absolute Gasteiger partial charge is 0.469 e. The van der Waals surface area contributed by atoms with Gasteiger partial charge in [0, 0.05) is 19.4 Å². The molecule has 0 aromatic rings. The minimum atomic E-state index is -0.279. The number of carbonyl (C=O) groups is 3. The topological polar surface area (TPSA) is 84.9 Å². The Labute approximate surface area is 119 Å². The zero-order valence-corrected chi connectivity index (χ0v) is 12.4. The van der Waals surface area contributed by atoms with Gasteiger partial charge < -0.3 is 14.8 Å². The second-order valence-corrected chi connectivity index (χ2v) is 4.45. The molecule has 0 saturated heterocycles. The summed E-state index contributed by atoms with van der Waals surface area (Å²) in [7, 11) is 4.50. The Hall–Kier alpha value is -1.63. The number of hydrogen-bond donors (Lipinski definition) is 1. The quantitative estimate of drug-likeness (QED) is 0.448. The molecule has 116 valence electrons. The number of nitrogens with zero attached hydrogens (tertiary/aromatic N) is 1. The summed E-state index contributed by atoms with van der Waals surface area (Å²) in [6, 6.07) is 0. The molecule has 0 heterocycles. The highest BCUT2D eigenvalue weighted by molar-refractivity contribution is 5.78. The summed E-state index contributed by atoms with van der Waals surface area (Å²) in [5.41, 5.74) is 0. The van der Waals surface area contributed by atoms with Crippen LogP contribution in [0.1, 0.15) is 25.7 Å². The maximum atomic E-state index is 11.6. The molecule has 0 rings (SSSR count). The fourth-order valence-electron chi connectivity index (χ4n) is 1.54. The van der Waals surface area contributed by atoms with Crippen LogP contribution in [-0.2, 0) is 23.9 Å². The van der Waals surface area contributed by atoms with Gasteiger partial charge in [0.1, 0.15) is 0 Å². The van der Waals surface area contributed by atoms with Crippen LogP contribution in [0.3, 0.4) is 0 Å². The maximum absolute atomic E-state index is 11.6. The third-order valence-corrected chi connectivity index (χ3v) is 2.67. The normalized spacial score (nSPS) is 10.2. The first kappa shape index (κ1) is 18.4. The third-order valence-electron chi connectivity index (χ3n) is 2.67. The van der Waals surface area contributed by atoms with Gasteiger partial charge in [-0.05, 0) is 26.4 Å². The molecule has 7 heteroatoms. The highest BCUT2D eigenvalue weighted by Gasteiger charge is 2.08. The van der Waals surface area contributed by atoms with E-state index in [1.54, 1.807) is 0 Å². The second-order valence-electron chi connectivity index (χ2n) is 4.45. The maximum Gasteiger partial charge on any atom is 0.305 e. The molecular formula is C13H24N2O5. The van der Waals surface area contributed by atoms with Crippen molar-refractivity contribution in [2.24, 2.45) is 0 Å². The molecule has 1 amide bonds. The van der Waals surface area contributed by atoms with Gasteiger partial charge in [0.05, 0.1) is 20.8 Å². The van der Waals surface area contributed by atoms with Crippen molar-refractivity contribution >= 4 is 17.8 Å². The first-order valence-corrected chi connectivity index (χ1v) is 6.58. The van der Waals surface area contributed by atoms with Crippen LogP contribution < -0.4 is 5.32 Å². The van der Waals surface area contributed by atoms with E-state index >= 15 is 0 Å². The Balaban J connectivity index is 3.59. The molecule has 0 aliphatic heterocycles. The van der Waals surface area contributed by atoms with Crippen LogP contribution in [0.2, 0.25) is 0 Å². The highest BCUT2D eigenvalue weighted by atomic mass is 16.5. The van der Waals surface area contributed by atoms with Crippen LogP contribution in [0, 0.1) is 0 Å². The van der Waals surface area contributed by atoms with E-state index in [1.165, 1.54) is 14.2 Å². The molecule has 20 heavy (non-hydrogen) atoms. The van der Waals surface area contributed by atoms with E-state index in [0.717, 1.165) is 0 Å². The summed E-state index contributed by atoms with van der Waals surface area (Å²) in [5, 5.41) is 2.72. The Bertz CT molecular complexity index is 320. The molecule has 0 atom stereocenters. The molecule has 0 aliphatic rings. The Morgan fingerprint density at radius 3 is 2.10 bits per heavy atom. The van der Waals surface area contributed by atoms with Crippen molar-refractivity contribution in [3.05, 3.63) is 0 Å². The van der Waals surface area contributed by atoms with Gasteiger partial charge >= 0.3 is 11.9 Å². The van der Waals surface area contributed by atoms with E-state index in [1.807, 2.05) is 11.9 Å². The van der Waals surface area contributed by atoms with Gasteiger partial charge in [-0.1, -0.05) is 0 Å². The number of rotatable bonds is 10. The predicted molar refractivity (Wildman–Crippen MR) is 73.0 cm³/mol. The number of nitrogens with one attached hydrogen (secondary N) is 1. The lowest BCUT2D eigenvalue weighted by molar-refractivity contribution is -0.141. The zero-order chi connectivity index (χ0) is 15.4. The highest BCUT2D eigenvalue weighted by Crippen LogP contribution is 1.95. The summed E-state index contributed by atoms with van der Waals surface area (Å²) in [4.78, 5) is 35.2. The van der Waals surface area contributed by atoms with Gasteiger partial charge in [0.2, 0.25) is 5.91 Å². The van der Waals surface area contributed by atoms with Crippen molar-refractivity contribution in [3.8, 4) is 0 Å². The number of hydrogen-bond acceptors (Lipinski definition) is 6. The van der Waals surface area contributed by atoms with Crippen molar-refractivity contribution < 1.29 is 23.9 Å². The summed E-state index contributed by atoms with van der Waals surface area (Å²) in [6.45, 7) is 1.36. The lowest BCUT2D eigenvalue weighted by Crippen LogP contribution is -2.36. The molecular weight excluding hydrogens is 264 g/mol. The fourth-order valence-corrected chi connectivity index (χ4v) is 1.54. The van der Waals surface area contributed by atoms with Crippen LogP contribution in [-0.4, -0.2) is 63.6 Å². The Kier molecular flexibility index (Phi) is 10.3. The van der Waals surface area contributed by atoms with E-state index in [2.05, 4.69) is 14.8 Å². The van der Waals surface area contributed by atoms with Gasteiger partial charge in [-0.2, -0.15) is 0 Å². The van der Waals surface area contributed by atoms with Crippen LogP contribution in [0.25, 0.3) is 0 Å². The summed E-state index contributed by atoms with van der Waals surface area (Å²) < 4.78 is 9.03. The molecule has 7 nitrogen and oxygen atoms in total. The molecule has 0 fully saturated rings. The van der Waals surface area contributed by atoms with Gasteiger partial charge in [-0.15, -0.1) is 0 Å². The lowest BCUT2D eigenvalue weighted by atomic mass is 10.3. The smallest absolute Gasteiger partial charge is 0.305 e. The van der Waals surface area contributed by atoms with Crippen molar-refractivity contribution in [1.82, 2.24) is 10.2 Å². The first-order chi connectivity index (χ1) is 9.49. The van der Waals surface area contributed by atoms with Crippen molar-refractivity contribution in [3.63, 3.8) is 0 Å². The van der Waals surface area contributed by atoms with Gasteiger partial charge in [-0.3, -0.25) is 19.3 Å². The molecule has 0 unspecified atom stereocenters. The third kappa shape index (κ3) is 10.3. The zero-order valence-electron chi connectivity index (χ0n) is 12.4. The van der Waals surface area contributed by atoms with E-state index in [4.69, 9.17) is 0 Å². The Morgan fingerprint density at radius 2 is 1.55 bits per heavy atom. The van der Waals surface area contributed by atoms with Gasteiger partial charge in [-0.25, -0.2) is 0 Å². The molecule has 0 aromatic heterocycles. The van der Waals surface area contributed by atoms with Crippen molar-refractivity contribution in [1.29, 1.82) is 0 Å². The summed E-state index contributed by atoms with van der Waals surface area (Å²) in [5.74, 6) is -0.625. The SMILES string of the molecule is COC(=O)CCCNC(=O)CN(C)CCCC(=O)OC. The first-order valence-electron chi connectivity index (χ1n) is 6.58. The van der Waals surface area contributed by atoms with Gasteiger partial charge in [0.25, 0.3) is 0 Å². The van der Waals surface area contributed by atoms with Gasteiger partial charge in [0.15, 0.2) is 0 Å².